The molecule has 0 atom stereocenters. The average Bonchev–Trinajstić information content (AvgIpc) is 2.74. The molecule has 0 aliphatic heterocycles. The molecule has 6 nitrogen and oxygen atoms in total. The first-order chi connectivity index (χ1) is 14.3. The van der Waals surface area contributed by atoms with Crippen LogP contribution < -0.4 is 9.62 Å². The Morgan fingerprint density at radius 3 is 2.53 bits per heavy atom. The fourth-order valence-corrected chi connectivity index (χ4v) is 4.16. The number of hydrogen-bond acceptors (Lipinski definition) is 4. The van der Waals surface area contributed by atoms with Gasteiger partial charge in [0, 0.05) is 31.9 Å². The highest BCUT2D eigenvalue weighted by Crippen LogP contribution is 2.26. The molecule has 0 aliphatic rings. The third-order valence-electron chi connectivity index (χ3n) is 4.42. The molecule has 0 saturated carbocycles. The molecule has 0 unspecified atom stereocenters. The number of halogens is 2. The quantitative estimate of drug-likeness (QED) is 0.599. The van der Waals surface area contributed by atoms with Gasteiger partial charge in [-0.1, -0.05) is 17.7 Å². The number of anilines is 1. The lowest BCUT2D eigenvalue weighted by Crippen LogP contribution is -2.28. The summed E-state index contributed by atoms with van der Waals surface area (Å²) in [6.45, 7) is 0.318. The van der Waals surface area contributed by atoms with E-state index in [9.17, 15) is 17.6 Å². The summed E-state index contributed by atoms with van der Waals surface area (Å²) >= 11 is 6.13. The summed E-state index contributed by atoms with van der Waals surface area (Å²) in [5, 5.41) is 2.85. The molecule has 9 heteroatoms. The highest BCUT2D eigenvalue weighted by Gasteiger charge is 2.23. The second-order valence-electron chi connectivity index (χ2n) is 6.42. The summed E-state index contributed by atoms with van der Waals surface area (Å²) in [6.07, 6.45) is 2.19. The Kier molecular flexibility index (Phi) is 6.69. The van der Waals surface area contributed by atoms with Crippen molar-refractivity contribution in [1.82, 2.24) is 10.3 Å². The van der Waals surface area contributed by atoms with Gasteiger partial charge in [0.25, 0.3) is 15.9 Å². The van der Waals surface area contributed by atoms with E-state index in [4.69, 9.17) is 11.6 Å². The number of nitrogens with one attached hydrogen (secondary N) is 1. The number of pyridine rings is 1. The van der Waals surface area contributed by atoms with Crippen LogP contribution in [0, 0.1) is 5.82 Å². The van der Waals surface area contributed by atoms with Gasteiger partial charge in [0.1, 0.15) is 5.82 Å². The fourth-order valence-electron chi connectivity index (χ4n) is 2.73. The minimum absolute atomic E-state index is 0.0475. The highest BCUT2D eigenvalue weighted by molar-refractivity contribution is 7.92. The number of rotatable bonds is 7. The molecule has 0 aliphatic carbocycles. The van der Waals surface area contributed by atoms with Gasteiger partial charge in [-0.25, -0.2) is 12.8 Å². The summed E-state index contributed by atoms with van der Waals surface area (Å²) in [6, 6.07) is 14.5. The van der Waals surface area contributed by atoms with Crippen LogP contribution in [0.5, 0.6) is 0 Å². The zero-order valence-corrected chi connectivity index (χ0v) is 17.6. The van der Waals surface area contributed by atoms with Gasteiger partial charge >= 0.3 is 0 Å². The SMILES string of the molecule is CN(c1ccc(F)cc1)S(=O)(=O)c1ccc(Cl)c(C(=O)NCCc2ccccn2)c1. The van der Waals surface area contributed by atoms with Gasteiger partial charge < -0.3 is 5.32 Å². The number of benzene rings is 2. The second kappa shape index (κ2) is 9.23. The smallest absolute Gasteiger partial charge is 0.264 e. The van der Waals surface area contributed by atoms with Crippen molar-refractivity contribution in [2.75, 3.05) is 17.9 Å². The Morgan fingerprint density at radius 2 is 1.87 bits per heavy atom. The molecule has 0 radical (unpaired) electrons. The molecular weight excluding hydrogens is 429 g/mol. The number of carbonyl (C=O) groups excluding carboxylic acids is 1. The molecule has 2 aromatic carbocycles. The molecule has 0 bridgehead atoms. The molecule has 0 fully saturated rings. The molecule has 156 valence electrons. The minimum Gasteiger partial charge on any atom is -0.352 e. The second-order valence-corrected chi connectivity index (χ2v) is 8.79. The first-order valence-electron chi connectivity index (χ1n) is 9.01. The normalized spacial score (nSPS) is 11.2. The molecule has 1 N–H and O–H groups in total. The number of nitrogens with zero attached hydrogens (tertiary/aromatic N) is 2. The van der Waals surface area contributed by atoms with E-state index in [0.29, 0.717) is 13.0 Å². The Balaban J connectivity index is 1.78. The Hall–Kier alpha value is -2.97. The van der Waals surface area contributed by atoms with E-state index in [1.807, 2.05) is 12.1 Å². The fraction of sp³-hybridized carbons (Fsp3) is 0.143. The average molecular weight is 448 g/mol. The molecule has 30 heavy (non-hydrogen) atoms. The van der Waals surface area contributed by atoms with Crippen molar-refractivity contribution < 1.29 is 17.6 Å². The third-order valence-corrected chi connectivity index (χ3v) is 6.54. The summed E-state index contributed by atoms with van der Waals surface area (Å²) in [4.78, 5) is 16.6. The van der Waals surface area contributed by atoms with Crippen LogP contribution in [0.25, 0.3) is 0 Å². The van der Waals surface area contributed by atoms with Gasteiger partial charge in [-0.2, -0.15) is 0 Å². The summed E-state index contributed by atoms with van der Waals surface area (Å²) < 4.78 is 40.1. The van der Waals surface area contributed by atoms with Crippen LogP contribution in [-0.4, -0.2) is 32.9 Å². The number of hydrogen-bond donors (Lipinski definition) is 1. The largest absolute Gasteiger partial charge is 0.352 e. The maximum absolute atomic E-state index is 13.1. The van der Waals surface area contributed by atoms with E-state index in [2.05, 4.69) is 10.3 Å². The van der Waals surface area contributed by atoms with Crippen LogP contribution in [0.3, 0.4) is 0 Å². The van der Waals surface area contributed by atoms with Gasteiger partial charge in [0.05, 0.1) is 21.2 Å². The van der Waals surface area contributed by atoms with Crippen molar-refractivity contribution in [2.45, 2.75) is 11.3 Å². The van der Waals surface area contributed by atoms with Crippen LogP contribution in [0.1, 0.15) is 16.1 Å². The molecule has 1 aromatic heterocycles. The summed E-state index contributed by atoms with van der Waals surface area (Å²) in [5.41, 5.74) is 1.15. The topological polar surface area (TPSA) is 79.4 Å². The Labute approximate surface area is 179 Å². The van der Waals surface area contributed by atoms with Crippen LogP contribution in [0.15, 0.2) is 71.8 Å². The first kappa shape index (κ1) is 21.7. The van der Waals surface area contributed by atoms with E-state index in [0.717, 1.165) is 10.00 Å². The van der Waals surface area contributed by atoms with Crippen molar-refractivity contribution in [3.05, 3.63) is 89.0 Å². The monoisotopic (exact) mass is 447 g/mol. The number of amides is 1. The number of carbonyl (C=O) groups is 1. The predicted octanol–water partition coefficient (Wildman–Crippen LogP) is 3.67. The summed E-state index contributed by atoms with van der Waals surface area (Å²) in [7, 11) is -2.63. The molecule has 1 amide bonds. The van der Waals surface area contributed by atoms with E-state index >= 15 is 0 Å². The molecular formula is C21H19ClFN3O3S. The van der Waals surface area contributed by atoms with Gasteiger partial charge in [0.2, 0.25) is 0 Å². The molecule has 3 aromatic rings. The Morgan fingerprint density at radius 1 is 1.13 bits per heavy atom. The highest BCUT2D eigenvalue weighted by atomic mass is 35.5. The van der Waals surface area contributed by atoms with E-state index < -0.39 is 21.7 Å². The van der Waals surface area contributed by atoms with Gasteiger partial charge in [0.15, 0.2) is 0 Å². The van der Waals surface area contributed by atoms with Crippen molar-refractivity contribution in [2.24, 2.45) is 0 Å². The van der Waals surface area contributed by atoms with E-state index in [1.54, 1.807) is 12.3 Å². The van der Waals surface area contributed by atoms with Gasteiger partial charge in [-0.3, -0.25) is 14.1 Å². The standard InChI is InChI=1S/C21H19ClFN3O3S/c1-26(17-7-5-15(23)6-8-17)30(28,29)18-9-10-20(22)19(14-18)21(27)25-13-11-16-4-2-3-12-24-16/h2-10,12,14H,11,13H2,1H3,(H,25,27). The maximum atomic E-state index is 13.1. The lowest BCUT2D eigenvalue weighted by molar-refractivity contribution is 0.0954. The van der Waals surface area contributed by atoms with Crippen molar-refractivity contribution in [3.8, 4) is 0 Å². The number of sulfonamides is 1. The van der Waals surface area contributed by atoms with Crippen LogP contribution >= 0.6 is 11.6 Å². The maximum Gasteiger partial charge on any atom is 0.264 e. The van der Waals surface area contributed by atoms with Crippen LogP contribution in [0.4, 0.5) is 10.1 Å². The van der Waals surface area contributed by atoms with Gasteiger partial charge in [-0.05, 0) is 54.6 Å². The van der Waals surface area contributed by atoms with E-state index in [-0.39, 0.29) is 21.2 Å². The van der Waals surface area contributed by atoms with Crippen molar-refractivity contribution in [3.63, 3.8) is 0 Å². The summed E-state index contributed by atoms with van der Waals surface area (Å²) in [5.74, 6) is -0.960. The first-order valence-corrected chi connectivity index (χ1v) is 10.8. The number of aromatic nitrogens is 1. The zero-order valence-electron chi connectivity index (χ0n) is 16.0. The van der Waals surface area contributed by atoms with Crippen LogP contribution in [-0.2, 0) is 16.4 Å². The van der Waals surface area contributed by atoms with Gasteiger partial charge in [-0.15, -0.1) is 0 Å². The molecule has 1 heterocycles. The zero-order chi connectivity index (χ0) is 21.7. The predicted molar refractivity (Wildman–Crippen MR) is 114 cm³/mol. The molecule has 0 spiro atoms. The Bertz CT molecular complexity index is 1140. The van der Waals surface area contributed by atoms with Crippen molar-refractivity contribution in [1.29, 1.82) is 0 Å². The minimum atomic E-state index is -3.98. The molecule has 3 rings (SSSR count). The lowest BCUT2D eigenvalue weighted by Gasteiger charge is -2.20. The van der Waals surface area contributed by atoms with Crippen LogP contribution in [0.2, 0.25) is 5.02 Å². The molecule has 0 saturated heterocycles. The van der Waals surface area contributed by atoms with Crippen molar-refractivity contribution >= 4 is 33.2 Å². The third kappa shape index (κ3) is 4.95. The lowest BCUT2D eigenvalue weighted by atomic mass is 10.2. The van der Waals surface area contributed by atoms with E-state index in [1.165, 1.54) is 49.5 Å².